The molecule has 0 atom stereocenters. The van der Waals surface area contributed by atoms with E-state index in [0.29, 0.717) is 5.75 Å². The summed E-state index contributed by atoms with van der Waals surface area (Å²) in [5.41, 5.74) is 1.00. The molecule has 0 aliphatic carbocycles. The summed E-state index contributed by atoms with van der Waals surface area (Å²) in [6, 6.07) is 3.43. The number of phenols is 1. The molecule has 1 aromatic carbocycles. The van der Waals surface area contributed by atoms with Crippen LogP contribution in [0.2, 0.25) is 0 Å². The van der Waals surface area contributed by atoms with Gasteiger partial charge in [0, 0.05) is 21.9 Å². The fourth-order valence-corrected chi connectivity index (χ4v) is 3.00. The Morgan fingerprint density at radius 3 is 2.76 bits per heavy atom. The number of benzene rings is 1. The monoisotopic (exact) mass is 250 g/mol. The first kappa shape index (κ1) is 11.9. The van der Waals surface area contributed by atoms with Crippen LogP contribution in [0.4, 0.5) is 0 Å². The SMILES string of the molecule is CCc1cc(O)cc2sc(C)c(OC(C)=O)c12. The molecule has 0 amide bonds. The molecule has 2 aromatic rings. The number of aryl methyl sites for hydroxylation is 2. The second-order valence-corrected chi connectivity index (χ2v) is 5.17. The maximum Gasteiger partial charge on any atom is 0.308 e. The molecule has 17 heavy (non-hydrogen) atoms. The maximum absolute atomic E-state index is 11.1. The van der Waals surface area contributed by atoms with Crippen molar-refractivity contribution in [3.8, 4) is 11.5 Å². The van der Waals surface area contributed by atoms with E-state index in [-0.39, 0.29) is 11.7 Å². The van der Waals surface area contributed by atoms with Crippen molar-refractivity contribution in [3.63, 3.8) is 0 Å². The van der Waals surface area contributed by atoms with Crippen LogP contribution in [0, 0.1) is 6.92 Å². The third kappa shape index (κ3) is 2.13. The Morgan fingerprint density at radius 2 is 2.18 bits per heavy atom. The molecule has 1 heterocycles. The lowest BCUT2D eigenvalue weighted by atomic mass is 10.1. The Morgan fingerprint density at radius 1 is 1.47 bits per heavy atom. The van der Waals surface area contributed by atoms with Gasteiger partial charge in [-0.1, -0.05) is 6.92 Å². The summed E-state index contributed by atoms with van der Waals surface area (Å²) < 4.78 is 6.22. The van der Waals surface area contributed by atoms with Crippen molar-refractivity contribution in [2.24, 2.45) is 0 Å². The molecule has 0 aliphatic heterocycles. The van der Waals surface area contributed by atoms with Crippen LogP contribution in [0.15, 0.2) is 12.1 Å². The number of hydrogen-bond acceptors (Lipinski definition) is 4. The Kier molecular flexibility index (Phi) is 3.07. The van der Waals surface area contributed by atoms with Gasteiger partial charge in [0.05, 0.1) is 0 Å². The second kappa shape index (κ2) is 4.37. The minimum absolute atomic E-state index is 0.255. The summed E-state index contributed by atoms with van der Waals surface area (Å²) in [6.07, 6.45) is 0.787. The van der Waals surface area contributed by atoms with E-state index in [2.05, 4.69) is 0 Å². The van der Waals surface area contributed by atoms with E-state index in [1.54, 1.807) is 12.1 Å². The van der Waals surface area contributed by atoms with E-state index in [1.807, 2.05) is 13.8 Å². The molecule has 0 saturated heterocycles. The van der Waals surface area contributed by atoms with Gasteiger partial charge < -0.3 is 9.84 Å². The van der Waals surface area contributed by atoms with Gasteiger partial charge in [-0.25, -0.2) is 0 Å². The van der Waals surface area contributed by atoms with Crippen molar-refractivity contribution in [2.45, 2.75) is 27.2 Å². The van der Waals surface area contributed by atoms with Crippen molar-refractivity contribution >= 4 is 27.4 Å². The molecule has 0 saturated carbocycles. The van der Waals surface area contributed by atoms with Crippen molar-refractivity contribution < 1.29 is 14.6 Å². The van der Waals surface area contributed by atoms with Gasteiger partial charge in [0.25, 0.3) is 0 Å². The molecule has 2 rings (SSSR count). The van der Waals surface area contributed by atoms with Gasteiger partial charge in [-0.3, -0.25) is 4.79 Å². The quantitative estimate of drug-likeness (QED) is 0.831. The number of carbonyl (C=O) groups excluding carboxylic acids is 1. The highest BCUT2D eigenvalue weighted by Gasteiger charge is 2.16. The first-order chi connectivity index (χ1) is 8.02. The van der Waals surface area contributed by atoms with Gasteiger partial charge in [0.15, 0.2) is 5.75 Å². The number of ether oxygens (including phenoxy) is 1. The van der Waals surface area contributed by atoms with Crippen molar-refractivity contribution in [1.82, 2.24) is 0 Å². The topological polar surface area (TPSA) is 46.5 Å². The number of esters is 1. The van der Waals surface area contributed by atoms with Crippen LogP contribution in [0.25, 0.3) is 10.1 Å². The van der Waals surface area contributed by atoms with Crippen molar-refractivity contribution in [2.75, 3.05) is 0 Å². The summed E-state index contributed by atoms with van der Waals surface area (Å²) >= 11 is 1.53. The molecular formula is C13H14O3S. The Hall–Kier alpha value is -1.55. The lowest BCUT2D eigenvalue weighted by Crippen LogP contribution is -2.02. The van der Waals surface area contributed by atoms with Crippen LogP contribution >= 0.6 is 11.3 Å². The molecule has 3 nitrogen and oxygen atoms in total. The van der Waals surface area contributed by atoms with E-state index in [9.17, 15) is 9.90 Å². The highest BCUT2D eigenvalue weighted by atomic mass is 32.1. The number of rotatable bonds is 2. The summed E-state index contributed by atoms with van der Waals surface area (Å²) in [5.74, 6) is 0.572. The minimum atomic E-state index is -0.317. The zero-order chi connectivity index (χ0) is 12.6. The largest absolute Gasteiger partial charge is 0.508 e. The lowest BCUT2D eigenvalue weighted by molar-refractivity contribution is -0.131. The predicted molar refractivity (Wildman–Crippen MR) is 68.9 cm³/mol. The lowest BCUT2D eigenvalue weighted by Gasteiger charge is -2.05. The molecule has 1 N–H and O–H groups in total. The highest BCUT2D eigenvalue weighted by molar-refractivity contribution is 7.19. The highest BCUT2D eigenvalue weighted by Crippen LogP contribution is 2.41. The van der Waals surface area contributed by atoms with Gasteiger partial charge in [-0.2, -0.15) is 0 Å². The van der Waals surface area contributed by atoms with Crippen LogP contribution in [0.3, 0.4) is 0 Å². The smallest absolute Gasteiger partial charge is 0.308 e. The van der Waals surface area contributed by atoms with E-state index in [4.69, 9.17) is 4.74 Å². The molecule has 0 aliphatic rings. The molecule has 0 fully saturated rings. The number of phenolic OH excluding ortho intramolecular Hbond substituents is 1. The van der Waals surface area contributed by atoms with E-state index >= 15 is 0 Å². The Balaban J connectivity index is 2.74. The number of aromatic hydroxyl groups is 1. The van der Waals surface area contributed by atoms with E-state index in [1.165, 1.54) is 18.3 Å². The number of fused-ring (bicyclic) bond motifs is 1. The molecule has 90 valence electrons. The molecule has 0 spiro atoms. The normalized spacial score (nSPS) is 10.8. The summed E-state index contributed by atoms with van der Waals surface area (Å²) in [6.45, 7) is 5.33. The first-order valence-corrected chi connectivity index (χ1v) is 6.28. The maximum atomic E-state index is 11.1. The second-order valence-electron chi connectivity index (χ2n) is 3.91. The van der Waals surface area contributed by atoms with Crippen LogP contribution < -0.4 is 4.74 Å². The minimum Gasteiger partial charge on any atom is -0.508 e. The summed E-state index contributed by atoms with van der Waals surface area (Å²) in [7, 11) is 0. The van der Waals surface area contributed by atoms with Gasteiger partial charge >= 0.3 is 5.97 Å². The van der Waals surface area contributed by atoms with Gasteiger partial charge in [-0.15, -0.1) is 11.3 Å². The van der Waals surface area contributed by atoms with E-state index in [0.717, 1.165) is 26.9 Å². The van der Waals surface area contributed by atoms with E-state index < -0.39 is 0 Å². The van der Waals surface area contributed by atoms with Gasteiger partial charge in [0.1, 0.15) is 5.75 Å². The van der Waals surface area contributed by atoms with Crippen LogP contribution in [-0.4, -0.2) is 11.1 Å². The standard InChI is InChI=1S/C13H14O3S/c1-4-9-5-10(15)6-11-12(9)13(7(2)17-11)16-8(3)14/h5-6,15H,4H2,1-3H3. The molecule has 0 bridgehead atoms. The molecule has 0 radical (unpaired) electrons. The van der Waals surface area contributed by atoms with Crippen LogP contribution in [0.5, 0.6) is 11.5 Å². The molecule has 1 aromatic heterocycles. The predicted octanol–water partition coefficient (Wildman–Crippen LogP) is 3.40. The molecular weight excluding hydrogens is 236 g/mol. The summed E-state index contributed by atoms with van der Waals surface area (Å²) in [4.78, 5) is 12.1. The van der Waals surface area contributed by atoms with Crippen molar-refractivity contribution in [1.29, 1.82) is 0 Å². The number of thiophene rings is 1. The Bertz CT molecular complexity index is 584. The molecule has 0 unspecified atom stereocenters. The third-order valence-corrected chi connectivity index (χ3v) is 3.64. The van der Waals surface area contributed by atoms with Crippen LogP contribution in [-0.2, 0) is 11.2 Å². The number of carbonyl (C=O) groups is 1. The zero-order valence-electron chi connectivity index (χ0n) is 10.0. The van der Waals surface area contributed by atoms with Gasteiger partial charge in [-0.05, 0) is 31.0 Å². The molecule has 4 heteroatoms. The van der Waals surface area contributed by atoms with Crippen molar-refractivity contribution in [3.05, 3.63) is 22.6 Å². The van der Waals surface area contributed by atoms with Crippen LogP contribution in [0.1, 0.15) is 24.3 Å². The van der Waals surface area contributed by atoms with Gasteiger partial charge in [0.2, 0.25) is 0 Å². The third-order valence-electron chi connectivity index (χ3n) is 2.61. The fraction of sp³-hybridized carbons (Fsp3) is 0.308. The first-order valence-electron chi connectivity index (χ1n) is 5.46. The average molecular weight is 250 g/mol. The summed E-state index contributed by atoms with van der Waals surface area (Å²) in [5, 5.41) is 10.6. The fourth-order valence-electron chi connectivity index (χ4n) is 1.93. The average Bonchev–Trinajstić information content (AvgIpc) is 2.53. The zero-order valence-corrected chi connectivity index (χ0v) is 10.9. The number of hydrogen-bond donors (Lipinski definition) is 1. The Labute approximate surface area is 104 Å².